The van der Waals surface area contributed by atoms with Crippen LogP contribution < -0.4 is 10.0 Å². The van der Waals surface area contributed by atoms with Crippen LogP contribution in [0.4, 0.5) is 11.5 Å². The van der Waals surface area contributed by atoms with E-state index in [1.807, 2.05) is 26.0 Å². The number of unbranched alkanes of at least 4 members (excludes halogenated alkanes) is 2. The van der Waals surface area contributed by atoms with Crippen molar-refractivity contribution >= 4 is 27.4 Å². The Balaban J connectivity index is 1.40. The van der Waals surface area contributed by atoms with E-state index in [4.69, 9.17) is 15.3 Å². The van der Waals surface area contributed by atoms with E-state index in [1.165, 1.54) is 14.8 Å². The third-order valence-electron chi connectivity index (χ3n) is 5.69. The Morgan fingerprint density at radius 1 is 1.23 bits per heavy atom. The van der Waals surface area contributed by atoms with Crippen molar-refractivity contribution in [1.29, 1.82) is 0 Å². The number of hydrogen-bond acceptors (Lipinski definition) is 7. The number of oxime groups is 1. The zero-order valence-electron chi connectivity index (χ0n) is 20.7. The maximum atomic E-state index is 12.9. The monoisotopic (exact) mass is 503 g/mol. The van der Waals surface area contributed by atoms with Gasteiger partial charge in [-0.3, -0.25) is 4.31 Å². The fourth-order valence-electron chi connectivity index (χ4n) is 3.81. The molecule has 2 heterocycles. The van der Waals surface area contributed by atoms with Gasteiger partial charge in [-0.2, -0.15) is 12.7 Å². The van der Waals surface area contributed by atoms with Crippen molar-refractivity contribution in [3.05, 3.63) is 54.5 Å². The Morgan fingerprint density at radius 3 is 2.83 bits per heavy atom. The molecule has 0 radical (unpaired) electrons. The van der Waals surface area contributed by atoms with Gasteiger partial charge >= 0.3 is 10.2 Å². The molecule has 1 fully saturated rings. The first kappa shape index (κ1) is 26.7. The Bertz CT molecular complexity index is 1070. The molecule has 0 aromatic carbocycles. The summed E-state index contributed by atoms with van der Waals surface area (Å²) >= 11 is 0. The number of ether oxygens (including phenoxy) is 1. The largest absolute Gasteiger partial charge is 0.494 e. The Kier molecular flexibility index (Phi) is 9.73. The number of nitrogen functional groups attached to an aromatic ring is 1. The van der Waals surface area contributed by atoms with Crippen LogP contribution in [0, 0.1) is 0 Å². The highest BCUT2D eigenvalue weighted by atomic mass is 32.2. The van der Waals surface area contributed by atoms with Crippen molar-refractivity contribution in [2.75, 3.05) is 36.3 Å². The highest BCUT2D eigenvalue weighted by Gasteiger charge is 2.36. The zero-order valence-corrected chi connectivity index (χ0v) is 21.5. The quantitative estimate of drug-likeness (QED) is 0.379. The predicted molar refractivity (Wildman–Crippen MR) is 140 cm³/mol. The molecule has 0 atom stereocenters. The lowest BCUT2D eigenvalue weighted by atomic mass is 10.1. The standard InChI is InChI=1S/C25H37N5O4S/c1-20(2)34-28-24-10-6-5-9-23(12-11-21(24)3)33-18-8-4-7-15-29-16-17-30(35(29,31)32)22-13-14-27-25(26)19-22/h9,11-14,19-20H,3-8,10,15-18H2,1-2H3,(H2,26,27)/b12-11-,23-9+,28-24+. The molecular formula is C25H37N5O4S. The molecule has 10 heteroatoms. The van der Waals surface area contributed by atoms with Crippen molar-refractivity contribution in [2.45, 2.75) is 58.5 Å². The predicted octanol–water partition coefficient (Wildman–Crippen LogP) is 4.18. The molecule has 35 heavy (non-hydrogen) atoms. The second kappa shape index (κ2) is 12.7. The summed E-state index contributed by atoms with van der Waals surface area (Å²) in [4.78, 5) is 9.33. The Labute approximate surface area is 209 Å². The molecule has 0 unspecified atom stereocenters. The summed E-state index contributed by atoms with van der Waals surface area (Å²) in [6, 6.07) is 3.25. The number of pyridine rings is 1. The maximum absolute atomic E-state index is 12.9. The van der Waals surface area contributed by atoms with E-state index in [9.17, 15) is 8.42 Å². The van der Waals surface area contributed by atoms with Crippen molar-refractivity contribution in [1.82, 2.24) is 9.29 Å². The minimum atomic E-state index is -3.53. The van der Waals surface area contributed by atoms with Gasteiger partial charge in [0.05, 0.1) is 18.0 Å². The van der Waals surface area contributed by atoms with Gasteiger partial charge in [-0.1, -0.05) is 11.7 Å². The molecule has 0 spiro atoms. The minimum Gasteiger partial charge on any atom is -0.494 e. The van der Waals surface area contributed by atoms with Crippen molar-refractivity contribution < 1.29 is 18.0 Å². The number of hydrogen-bond donors (Lipinski definition) is 1. The number of anilines is 2. The van der Waals surface area contributed by atoms with Crippen LogP contribution in [0.5, 0.6) is 0 Å². The van der Waals surface area contributed by atoms with E-state index in [1.54, 1.807) is 12.1 Å². The van der Waals surface area contributed by atoms with Gasteiger partial charge < -0.3 is 15.3 Å². The average Bonchev–Trinajstić information content (AvgIpc) is 3.14. The molecule has 0 saturated carbocycles. The van der Waals surface area contributed by atoms with E-state index >= 15 is 0 Å². The normalized spacial score (nSPS) is 22.4. The summed E-state index contributed by atoms with van der Waals surface area (Å²) < 4.78 is 34.6. The smallest absolute Gasteiger partial charge is 0.304 e. The molecule has 1 aromatic rings. The summed E-state index contributed by atoms with van der Waals surface area (Å²) in [7, 11) is -3.53. The van der Waals surface area contributed by atoms with E-state index < -0.39 is 10.2 Å². The number of allylic oxidation sites excluding steroid dienone is 4. The third-order valence-corrected chi connectivity index (χ3v) is 7.66. The van der Waals surface area contributed by atoms with Gasteiger partial charge in [0.25, 0.3) is 0 Å². The van der Waals surface area contributed by atoms with Crippen molar-refractivity contribution in [2.24, 2.45) is 5.16 Å². The first-order chi connectivity index (χ1) is 16.8. The SMILES string of the molecule is C=C1/C=C\C(OCCCCCN2CCN(c3ccnc(N)c3)S2(=O)=O)=C/CCC/C1=N\OC(C)C. The lowest BCUT2D eigenvalue weighted by molar-refractivity contribution is 0.0856. The maximum Gasteiger partial charge on any atom is 0.304 e. The first-order valence-electron chi connectivity index (χ1n) is 12.2. The fraction of sp³-hybridized carbons (Fsp3) is 0.520. The molecule has 1 aromatic heterocycles. The second-order valence-electron chi connectivity index (χ2n) is 8.88. The van der Waals surface area contributed by atoms with E-state index in [-0.39, 0.29) is 6.10 Å². The lowest BCUT2D eigenvalue weighted by Gasteiger charge is -2.20. The lowest BCUT2D eigenvalue weighted by Crippen LogP contribution is -2.33. The zero-order chi connectivity index (χ0) is 25.3. The van der Waals surface area contributed by atoms with Crippen LogP contribution in [0.15, 0.2) is 59.6 Å². The van der Waals surface area contributed by atoms with E-state index in [0.29, 0.717) is 37.7 Å². The molecule has 0 amide bonds. The molecule has 1 aliphatic heterocycles. The highest BCUT2D eigenvalue weighted by molar-refractivity contribution is 7.90. The van der Waals surface area contributed by atoms with Gasteiger partial charge in [-0.05, 0) is 82.2 Å². The van der Waals surface area contributed by atoms with Gasteiger partial charge in [0.1, 0.15) is 17.7 Å². The number of nitrogens with two attached hydrogens (primary N) is 1. The molecule has 1 aliphatic carbocycles. The molecule has 192 valence electrons. The Hall–Kier alpha value is -2.85. The first-order valence-corrected chi connectivity index (χ1v) is 13.6. The number of rotatable bonds is 10. The van der Waals surface area contributed by atoms with Crippen LogP contribution in [0.25, 0.3) is 0 Å². The topological polar surface area (TPSA) is 110 Å². The van der Waals surface area contributed by atoms with E-state index in [0.717, 1.165) is 55.6 Å². The van der Waals surface area contributed by atoms with Crippen LogP contribution in [0.1, 0.15) is 52.4 Å². The number of aromatic nitrogens is 1. The van der Waals surface area contributed by atoms with Crippen LogP contribution >= 0.6 is 0 Å². The van der Waals surface area contributed by atoms with Crippen LogP contribution in [-0.4, -0.2) is 55.8 Å². The van der Waals surface area contributed by atoms with Crippen LogP contribution in [-0.2, 0) is 19.8 Å². The van der Waals surface area contributed by atoms with E-state index in [2.05, 4.69) is 22.8 Å². The summed E-state index contributed by atoms with van der Waals surface area (Å²) in [6.45, 7) is 9.95. The molecule has 2 aliphatic rings. The third kappa shape index (κ3) is 7.83. The van der Waals surface area contributed by atoms with Gasteiger partial charge in [-0.15, -0.1) is 0 Å². The van der Waals surface area contributed by atoms with Crippen LogP contribution in [0.2, 0.25) is 0 Å². The van der Waals surface area contributed by atoms with Gasteiger partial charge in [-0.25, -0.2) is 4.98 Å². The van der Waals surface area contributed by atoms with Crippen molar-refractivity contribution in [3.63, 3.8) is 0 Å². The minimum absolute atomic E-state index is 0.0363. The molecule has 9 nitrogen and oxygen atoms in total. The van der Waals surface area contributed by atoms with Gasteiger partial charge in [0.15, 0.2) is 0 Å². The van der Waals surface area contributed by atoms with Gasteiger partial charge in [0, 0.05) is 31.9 Å². The summed E-state index contributed by atoms with van der Waals surface area (Å²) in [5.41, 5.74) is 7.96. The highest BCUT2D eigenvalue weighted by Crippen LogP contribution is 2.26. The number of nitrogens with zero attached hydrogens (tertiary/aromatic N) is 4. The summed E-state index contributed by atoms with van der Waals surface area (Å²) in [6.07, 6.45) is 12.6. The average molecular weight is 504 g/mol. The fourth-order valence-corrected chi connectivity index (χ4v) is 5.46. The Morgan fingerprint density at radius 2 is 2.06 bits per heavy atom. The second-order valence-corrected chi connectivity index (χ2v) is 10.7. The van der Waals surface area contributed by atoms with Crippen LogP contribution in [0.3, 0.4) is 0 Å². The molecule has 2 N–H and O–H groups in total. The van der Waals surface area contributed by atoms with Gasteiger partial charge in [0.2, 0.25) is 0 Å². The molecule has 1 saturated heterocycles. The summed E-state index contributed by atoms with van der Waals surface area (Å²) in [5.74, 6) is 1.13. The van der Waals surface area contributed by atoms with Crippen molar-refractivity contribution in [3.8, 4) is 0 Å². The molecular weight excluding hydrogens is 466 g/mol. The molecule has 3 rings (SSSR count). The summed E-state index contributed by atoms with van der Waals surface area (Å²) in [5, 5.41) is 4.24. The molecule has 0 bridgehead atoms.